The molecule has 7 heteroatoms. The molecule has 0 bridgehead atoms. The highest BCUT2D eigenvalue weighted by Gasteiger charge is 2.18. The lowest BCUT2D eigenvalue weighted by Gasteiger charge is -2.22. The van der Waals surface area contributed by atoms with Crippen LogP contribution in [0.25, 0.3) is 0 Å². The van der Waals surface area contributed by atoms with E-state index in [0.717, 1.165) is 23.1 Å². The lowest BCUT2D eigenvalue weighted by Crippen LogP contribution is -2.15. The molecule has 1 heterocycles. The topological polar surface area (TPSA) is 90.4 Å². The Morgan fingerprint density at radius 3 is 2.70 bits per heavy atom. The van der Waals surface area contributed by atoms with Gasteiger partial charge in [-0.2, -0.15) is 5.10 Å². The van der Waals surface area contributed by atoms with E-state index in [0.29, 0.717) is 36.8 Å². The molecule has 1 atom stereocenters. The number of ether oxygens (including phenoxy) is 1. The highest BCUT2D eigenvalue weighted by Crippen LogP contribution is 2.29. The minimum absolute atomic E-state index is 0.0299. The van der Waals surface area contributed by atoms with Crippen LogP contribution in [0.4, 0.5) is 4.39 Å². The number of aliphatic carboxylic acids is 1. The van der Waals surface area contributed by atoms with E-state index in [1.165, 1.54) is 6.07 Å². The first-order chi connectivity index (χ1) is 15.9. The Kier molecular flexibility index (Phi) is 8.60. The second-order valence-corrected chi connectivity index (χ2v) is 8.73. The second kappa shape index (κ2) is 11.6. The molecule has 176 valence electrons. The molecule has 0 aliphatic heterocycles. The van der Waals surface area contributed by atoms with Gasteiger partial charge in [-0.05, 0) is 53.6 Å². The molecule has 0 fully saturated rings. The van der Waals surface area contributed by atoms with Crippen LogP contribution in [0.2, 0.25) is 0 Å². The van der Waals surface area contributed by atoms with Crippen molar-refractivity contribution < 1.29 is 19.0 Å². The zero-order chi connectivity index (χ0) is 23.8. The maximum Gasteiger partial charge on any atom is 0.303 e. The molecule has 0 saturated heterocycles. The zero-order valence-electron chi connectivity index (χ0n) is 19.2. The maximum atomic E-state index is 14.0. The molecular formula is C26H32FN3O3. The highest BCUT2D eigenvalue weighted by atomic mass is 19.1. The highest BCUT2D eigenvalue weighted by molar-refractivity contribution is 5.67. The summed E-state index contributed by atoms with van der Waals surface area (Å²) >= 11 is 0. The van der Waals surface area contributed by atoms with Crippen molar-refractivity contribution in [2.24, 2.45) is 11.7 Å². The third-order valence-electron chi connectivity index (χ3n) is 5.60. The number of nitrogens with zero attached hydrogens (tertiary/aromatic N) is 2. The number of rotatable bonds is 12. The van der Waals surface area contributed by atoms with Crippen LogP contribution in [-0.4, -0.2) is 27.5 Å². The summed E-state index contributed by atoms with van der Waals surface area (Å²) in [5.74, 6) is 0.00375. The summed E-state index contributed by atoms with van der Waals surface area (Å²) in [6.45, 7) is 5.42. The van der Waals surface area contributed by atoms with Crippen molar-refractivity contribution in [2.45, 2.75) is 52.1 Å². The summed E-state index contributed by atoms with van der Waals surface area (Å²) in [5, 5.41) is 13.4. The van der Waals surface area contributed by atoms with Gasteiger partial charge < -0.3 is 15.6 Å². The molecule has 1 aromatic heterocycles. The van der Waals surface area contributed by atoms with Gasteiger partial charge in [0.1, 0.15) is 11.6 Å². The number of aromatic nitrogens is 2. The van der Waals surface area contributed by atoms with Gasteiger partial charge in [0.15, 0.2) is 0 Å². The molecule has 0 saturated carbocycles. The van der Waals surface area contributed by atoms with E-state index in [-0.39, 0.29) is 24.7 Å². The molecule has 0 amide bonds. The minimum atomic E-state index is -0.847. The number of hydrogen-bond acceptors (Lipinski definition) is 4. The number of carboxylic acid groups (broad SMARTS) is 1. The summed E-state index contributed by atoms with van der Waals surface area (Å²) in [6.07, 6.45) is 4.90. The first kappa shape index (κ1) is 24.5. The fourth-order valence-corrected chi connectivity index (χ4v) is 3.93. The Labute approximate surface area is 194 Å². The van der Waals surface area contributed by atoms with Crippen LogP contribution >= 0.6 is 0 Å². The lowest BCUT2D eigenvalue weighted by atomic mass is 9.90. The van der Waals surface area contributed by atoms with E-state index in [4.69, 9.17) is 15.6 Å². The predicted octanol–water partition coefficient (Wildman–Crippen LogP) is 4.76. The molecule has 3 aromatic rings. The third-order valence-corrected chi connectivity index (χ3v) is 5.60. The van der Waals surface area contributed by atoms with Gasteiger partial charge in [0.25, 0.3) is 0 Å². The number of halogens is 1. The van der Waals surface area contributed by atoms with Crippen molar-refractivity contribution in [3.05, 3.63) is 82.9 Å². The summed E-state index contributed by atoms with van der Waals surface area (Å²) in [4.78, 5) is 11.1. The van der Waals surface area contributed by atoms with Gasteiger partial charge in [-0.15, -0.1) is 0 Å². The number of carbonyl (C=O) groups is 1. The van der Waals surface area contributed by atoms with E-state index in [9.17, 15) is 9.18 Å². The molecule has 0 spiro atoms. The fraction of sp³-hybridized carbons (Fsp3) is 0.385. The third kappa shape index (κ3) is 7.15. The molecule has 3 rings (SSSR count). The summed E-state index contributed by atoms with van der Waals surface area (Å²) < 4.78 is 22.1. The molecular weight excluding hydrogens is 421 g/mol. The van der Waals surface area contributed by atoms with Gasteiger partial charge in [0.05, 0.1) is 13.2 Å². The van der Waals surface area contributed by atoms with Gasteiger partial charge >= 0.3 is 5.97 Å². The average Bonchev–Trinajstić information content (AvgIpc) is 3.29. The molecule has 33 heavy (non-hydrogen) atoms. The Hall–Kier alpha value is -3.19. The monoisotopic (exact) mass is 453 g/mol. The molecule has 0 radical (unpaired) electrons. The van der Waals surface area contributed by atoms with E-state index < -0.39 is 5.97 Å². The van der Waals surface area contributed by atoms with Gasteiger partial charge in [0, 0.05) is 36.8 Å². The molecule has 1 unspecified atom stereocenters. The average molecular weight is 454 g/mol. The maximum absolute atomic E-state index is 14.0. The number of benzene rings is 2. The van der Waals surface area contributed by atoms with Crippen molar-refractivity contribution in [3.63, 3.8) is 0 Å². The Balaban J connectivity index is 1.84. The van der Waals surface area contributed by atoms with Crippen molar-refractivity contribution in [1.82, 2.24) is 9.78 Å². The van der Waals surface area contributed by atoms with Crippen LogP contribution < -0.4 is 10.5 Å². The number of aryl methyl sites for hydroxylation is 1. The second-order valence-electron chi connectivity index (χ2n) is 8.73. The van der Waals surface area contributed by atoms with Crippen molar-refractivity contribution in [3.8, 4) is 5.75 Å². The van der Waals surface area contributed by atoms with E-state index in [2.05, 4.69) is 18.9 Å². The minimum Gasteiger partial charge on any atom is -0.493 e. The molecule has 0 aliphatic rings. The van der Waals surface area contributed by atoms with Crippen molar-refractivity contribution >= 4 is 5.97 Å². The number of nitrogens with two attached hydrogens (primary N) is 1. The van der Waals surface area contributed by atoms with Crippen molar-refractivity contribution in [2.75, 3.05) is 6.61 Å². The first-order valence-corrected chi connectivity index (χ1v) is 11.3. The molecule has 2 aromatic carbocycles. The smallest absolute Gasteiger partial charge is 0.303 e. The van der Waals surface area contributed by atoms with Crippen LogP contribution in [-0.2, 0) is 24.3 Å². The van der Waals surface area contributed by atoms with E-state index in [1.807, 2.05) is 41.2 Å². The Bertz CT molecular complexity index is 1050. The zero-order valence-corrected chi connectivity index (χ0v) is 19.2. The molecule has 3 N–H and O–H groups in total. The quantitative estimate of drug-likeness (QED) is 0.413. The first-order valence-electron chi connectivity index (χ1n) is 11.3. The predicted molar refractivity (Wildman–Crippen MR) is 126 cm³/mol. The largest absolute Gasteiger partial charge is 0.493 e. The van der Waals surface area contributed by atoms with Crippen LogP contribution in [0, 0.1) is 11.7 Å². The molecule has 6 nitrogen and oxygen atoms in total. The SMILES string of the molecule is CC(C)CC(COc1cc(Cn2cccn2)ccc1CCC(=O)O)c1ccc(F)c(CN)c1. The van der Waals surface area contributed by atoms with Gasteiger partial charge in [0.2, 0.25) is 0 Å². The van der Waals surface area contributed by atoms with Crippen LogP contribution in [0.3, 0.4) is 0 Å². The standard InChI is InChI=1S/C26H32FN3O3/c1-18(2)12-23(21-6-8-24(27)22(14-21)15-28)17-33-25-13-19(16-30-11-3-10-29-30)4-5-20(25)7-9-26(31)32/h3-6,8,10-11,13-14,18,23H,7,9,12,15-17,28H2,1-2H3,(H,31,32). The Morgan fingerprint density at radius 1 is 1.21 bits per heavy atom. The summed E-state index contributed by atoms with van der Waals surface area (Å²) in [6, 6.07) is 12.8. The van der Waals surface area contributed by atoms with Gasteiger partial charge in [-0.3, -0.25) is 9.48 Å². The normalized spacial score (nSPS) is 12.2. The summed E-state index contributed by atoms with van der Waals surface area (Å²) in [5.41, 5.74) is 9.06. The summed E-state index contributed by atoms with van der Waals surface area (Å²) in [7, 11) is 0. The lowest BCUT2D eigenvalue weighted by molar-refractivity contribution is -0.136. The van der Waals surface area contributed by atoms with Crippen LogP contribution in [0.5, 0.6) is 5.75 Å². The van der Waals surface area contributed by atoms with E-state index >= 15 is 0 Å². The van der Waals surface area contributed by atoms with Gasteiger partial charge in [-0.25, -0.2) is 4.39 Å². The Morgan fingerprint density at radius 2 is 2.03 bits per heavy atom. The number of carboxylic acids is 1. The van der Waals surface area contributed by atoms with Crippen LogP contribution in [0.1, 0.15) is 54.9 Å². The molecule has 0 aliphatic carbocycles. The van der Waals surface area contributed by atoms with Crippen molar-refractivity contribution in [1.29, 1.82) is 0 Å². The van der Waals surface area contributed by atoms with E-state index in [1.54, 1.807) is 12.3 Å². The number of hydrogen-bond donors (Lipinski definition) is 2. The fourth-order valence-electron chi connectivity index (χ4n) is 3.93. The van der Waals surface area contributed by atoms with Gasteiger partial charge in [-0.1, -0.05) is 38.1 Å². The van der Waals surface area contributed by atoms with Crippen LogP contribution in [0.15, 0.2) is 54.9 Å².